The molecule has 0 radical (unpaired) electrons. The minimum Gasteiger partial charge on any atom is -0.304 e. The number of nitrogens with zero attached hydrogens (tertiary/aromatic N) is 4. The van der Waals surface area contributed by atoms with Crippen molar-refractivity contribution in [2.45, 2.75) is 87.5 Å². The summed E-state index contributed by atoms with van der Waals surface area (Å²) in [7, 11) is 2.20. The lowest BCUT2D eigenvalue weighted by Crippen LogP contribution is -2.45. The van der Waals surface area contributed by atoms with Crippen molar-refractivity contribution in [3.63, 3.8) is 0 Å². The molecule has 194 valence electrons. The number of hydrogen-bond donors (Lipinski definition) is 0. The van der Waals surface area contributed by atoms with Gasteiger partial charge in [0, 0.05) is 45.8 Å². The molecule has 0 amide bonds. The Hall–Kier alpha value is -0.160. The Kier molecular flexibility index (Phi) is 19.1. The minimum absolute atomic E-state index is 0. The molecule has 4 heteroatoms. The highest BCUT2D eigenvalue weighted by molar-refractivity contribution is 4.70. The lowest BCUT2D eigenvalue weighted by molar-refractivity contribution is 0.141. The molecule has 32 heavy (non-hydrogen) atoms. The van der Waals surface area contributed by atoms with Crippen LogP contribution in [0.25, 0.3) is 0 Å². The molecular weight excluding hydrogens is 392 g/mol. The van der Waals surface area contributed by atoms with Crippen molar-refractivity contribution in [1.29, 1.82) is 0 Å². The van der Waals surface area contributed by atoms with Gasteiger partial charge >= 0.3 is 0 Å². The van der Waals surface area contributed by atoms with Crippen molar-refractivity contribution >= 4 is 0 Å². The second-order valence-electron chi connectivity index (χ2n) is 11.5. The van der Waals surface area contributed by atoms with E-state index >= 15 is 0 Å². The molecule has 0 bridgehead atoms. The van der Waals surface area contributed by atoms with Crippen molar-refractivity contribution in [3.05, 3.63) is 0 Å². The van der Waals surface area contributed by atoms with Crippen LogP contribution in [0.4, 0.5) is 0 Å². The largest absolute Gasteiger partial charge is 0.304 e. The molecule has 4 nitrogen and oxygen atoms in total. The van der Waals surface area contributed by atoms with Crippen LogP contribution < -0.4 is 0 Å². The molecule has 3 rings (SSSR count). The Bertz CT molecular complexity index is 366. The zero-order valence-electron chi connectivity index (χ0n) is 22.5. The van der Waals surface area contributed by atoms with E-state index in [4.69, 9.17) is 0 Å². The highest BCUT2D eigenvalue weighted by Gasteiger charge is 2.14. The van der Waals surface area contributed by atoms with E-state index in [1.807, 2.05) is 0 Å². The maximum absolute atomic E-state index is 2.59. The van der Waals surface area contributed by atoms with E-state index in [1.165, 1.54) is 111 Å². The van der Waals surface area contributed by atoms with Crippen LogP contribution in [0.3, 0.4) is 0 Å². The molecule has 0 saturated carbocycles. The zero-order chi connectivity index (χ0) is 23.1. The summed E-state index contributed by atoms with van der Waals surface area (Å²) < 4.78 is 0. The summed E-state index contributed by atoms with van der Waals surface area (Å²) >= 11 is 0. The van der Waals surface area contributed by atoms with Gasteiger partial charge in [-0.2, -0.15) is 0 Å². The van der Waals surface area contributed by atoms with Gasteiger partial charge in [-0.05, 0) is 76.7 Å². The van der Waals surface area contributed by atoms with Crippen LogP contribution >= 0.6 is 0 Å². The van der Waals surface area contributed by atoms with Crippen LogP contribution in [-0.4, -0.2) is 98.6 Å². The van der Waals surface area contributed by atoms with Crippen LogP contribution in [-0.2, 0) is 0 Å². The van der Waals surface area contributed by atoms with Gasteiger partial charge < -0.3 is 19.6 Å². The molecule has 3 fully saturated rings. The fourth-order valence-corrected chi connectivity index (χ4v) is 4.86. The maximum Gasteiger partial charge on any atom is 0.0110 e. The minimum atomic E-state index is 0. The molecule has 0 aromatic rings. The van der Waals surface area contributed by atoms with E-state index in [0.29, 0.717) is 0 Å². The van der Waals surface area contributed by atoms with Crippen molar-refractivity contribution in [2.75, 3.05) is 79.0 Å². The lowest BCUT2D eigenvalue weighted by atomic mass is 10.1. The quantitative estimate of drug-likeness (QED) is 0.504. The molecular formula is C28H62N4. The number of hydrogen-bond acceptors (Lipinski definition) is 4. The molecule has 3 aliphatic rings. The third-order valence-corrected chi connectivity index (χ3v) is 6.36. The van der Waals surface area contributed by atoms with Crippen molar-refractivity contribution in [1.82, 2.24) is 19.6 Å². The van der Waals surface area contributed by atoms with Gasteiger partial charge in [0.2, 0.25) is 0 Å². The van der Waals surface area contributed by atoms with E-state index in [-0.39, 0.29) is 7.43 Å². The Labute approximate surface area is 204 Å². The normalized spacial score (nSPS) is 21.6. The second kappa shape index (κ2) is 19.2. The first kappa shape index (κ1) is 31.8. The van der Waals surface area contributed by atoms with Crippen LogP contribution in [0.5, 0.6) is 0 Å². The standard InChI is InChI=1S/C9H20N2.2C9H19N.CH4/c1-9(2)8-11-6-4-10(3)5-7-11;2*1-9(2)8-10-6-4-3-5-7-10;/h9H,4-8H2,1-3H3;2*9H,3-8H2,1-2H3;1H4. The smallest absolute Gasteiger partial charge is 0.0110 e. The molecule has 3 aliphatic heterocycles. The first-order chi connectivity index (χ1) is 14.8. The monoisotopic (exact) mass is 454 g/mol. The average molecular weight is 455 g/mol. The van der Waals surface area contributed by atoms with Gasteiger partial charge in [0.1, 0.15) is 0 Å². The van der Waals surface area contributed by atoms with Crippen molar-refractivity contribution in [3.8, 4) is 0 Å². The highest BCUT2D eigenvalue weighted by atomic mass is 15.2. The molecule has 0 N–H and O–H groups in total. The third kappa shape index (κ3) is 17.3. The van der Waals surface area contributed by atoms with Gasteiger partial charge in [-0.15, -0.1) is 0 Å². The third-order valence-electron chi connectivity index (χ3n) is 6.36. The Morgan fingerprint density at radius 3 is 1.00 bits per heavy atom. The van der Waals surface area contributed by atoms with E-state index in [2.05, 4.69) is 68.2 Å². The van der Waals surface area contributed by atoms with Gasteiger partial charge in [-0.25, -0.2) is 0 Å². The molecule has 3 heterocycles. The van der Waals surface area contributed by atoms with E-state index < -0.39 is 0 Å². The average Bonchev–Trinajstić information content (AvgIpc) is 2.71. The fourth-order valence-electron chi connectivity index (χ4n) is 4.86. The van der Waals surface area contributed by atoms with Crippen LogP contribution in [0.2, 0.25) is 0 Å². The molecule has 0 aliphatic carbocycles. The van der Waals surface area contributed by atoms with Crippen LogP contribution in [0.1, 0.15) is 87.5 Å². The molecule has 0 aromatic carbocycles. The maximum atomic E-state index is 2.59. The predicted octanol–water partition coefficient (Wildman–Crippen LogP) is 5.78. The summed E-state index contributed by atoms with van der Waals surface area (Å²) in [5.74, 6) is 2.51. The summed E-state index contributed by atoms with van der Waals surface area (Å²) in [4.78, 5) is 10.1. The molecule has 0 aromatic heterocycles. The van der Waals surface area contributed by atoms with Gasteiger partial charge in [0.05, 0.1) is 0 Å². The van der Waals surface area contributed by atoms with E-state index in [9.17, 15) is 0 Å². The van der Waals surface area contributed by atoms with Crippen molar-refractivity contribution in [2.24, 2.45) is 17.8 Å². The van der Waals surface area contributed by atoms with Gasteiger partial charge in [-0.1, -0.05) is 61.8 Å². The first-order valence-corrected chi connectivity index (χ1v) is 13.6. The Balaban J connectivity index is 0.000000444. The van der Waals surface area contributed by atoms with E-state index in [1.54, 1.807) is 0 Å². The lowest BCUT2D eigenvalue weighted by Gasteiger charge is -2.33. The number of piperidine rings is 2. The number of likely N-dealkylation sites (N-methyl/N-ethyl adjacent to an activating group) is 1. The Morgan fingerprint density at radius 2 is 0.719 bits per heavy atom. The second-order valence-corrected chi connectivity index (χ2v) is 11.5. The topological polar surface area (TPSA) is 13.0 Å². The zero-order valence-corrected chi connectivity index (χ0v) is 22.5. The predicted molar refractivity (Wildman–Crippen MR) is 146 cm³/mol. The fraction of sp³-hybridized carbons (Fsp3) is 1.00. The molecule has 0 atom stereocenters. The Morgan fingerprint density at radius 1 is 0.438 bits per heavy atom. The van der Waals surface area contributed by atoms with Gasteiger partial charge in [0.15, 0.2) is 0 Å². The first-order valence-electron chi connectivity index (χ1n) is 13.6. The molecule has 0 unspecified atom stereocenters. The highest BCUT2D eigenvalue weighted by Crippen LogP contribution is 2.11. The SMILES string of the molecule is C.CC(C)CN1CCCCC1.CC(C)CN1CCCCC1.CC(C)CN1CCN(C)CC1. The summed E-state index contributed by atoms with van der Waals surface area (Å²) in [6.07, 6.45) is 8.60. The van der Waals surface area contributed by atoms with E-state index in [0.717, 1.165) is 17.8 Å². The van der Waals surface area contributed by atoms with Crippen LogP contribution in [0.15, 0.2) is 0 Å². The van der Waals surface area contributed by atoms with Gasteiger partial charge in [-0.3, -0.25) is 0 Å². The van der Waals surface area contributed by atoms with Crippen molar-refractivity contribution < 1.29 is 0 Å². The number of rotatable bonds is 6. The molecule has 3 saturated heterocycles. The summed E-state index contributed by atoms with van der Waals surface area (Å²) in [5.41, 5.74) is 0. The molecule has 0 spiro atoms. The summed E-state index contributed by atoms with van der Waals surface area (Å²) in [6, 6.07) is 0. The number of likely N-dealkylation sites (tertiary alicyclic amines) is 2. The summed E-state index contributed by atoms with van der Waals surface area (Å²) in [5, 5.41) is 0. The van der Waals surface area contributed by atoms with Gasteiger partial charge in [0.25, 0.3) is 0 Å². The number of piperazine rings is 1. The van der Waals surface area contributed by atoms with Crippen LogP contribution in [0, 0.1) is 17.8 Å². The summed E-state index contributed by atoms with van der Waals surface area (Å²) in [6.45, 7) is 28.0.